The molecule has 0 aliphatic heterocycles. The molecule has 1 fully saturated rings. The Morgan fingerprint density at radius 1 is 1.33 bits per heavy atom. The van der Waals surface area contributed by atoms with E-state index < -0.39 is 0 Å². The molecule has 0 radical (unpaired) electrons. The zero-order chi connectivity index (χ0) is 12.8. The largest absolute Gasteiger partial charge is 0.305 e. The van der Waals surface area contributed by atoms with Gasteiger partial charge in [0.1, 0.15) is 0 Å². The molecule has 5 heteroatoms. The minimum Gasteiger partial charge on any atom is -0.305 e. The second kappa shape index (κ2) is 6.83. The highest BCUT2D eigenvalue weighted by molar-refractivity contribution is 4.88. The number of aromatic amines is 1. The predicted octanol–water partition coefficient (Wildman–Crippen LogP) is 2.60. The second-order valence-corrected chi connectivity index (χ2v) is 5.52. The van der Waals surface area contributed by atoms with E-state index in [2.05, 4.69) is 39.8 Å². The van der Waals surface area contributed by atoms with Crippen molar-refractivity contribution in [3.8, 4) is 0 Å². The van der Waals surface area contributed by atoms with Crippen molar-refractivity contribution >= 4 is 0 Å². The maximum Gasteiger partial charge on any atom is 0.191 e. The Morgan fingerprint density at radius 3 is 2.94 bits per heavy atom. The Labute approximate surface area is 109 Å². The van der Waals surface area contributed by atoms with Crippen LogP contribution in [0.5, 0.6) is 0 Å². The van der Waals surface area contributed by atoms with Gasteiger partial charge in [0.15, 0.2) is 5.82 Å². The molecule has 2 rings (SSSR count). The van der Waals surface area contributed by atoms with E-state index in [1.54, 1.807) is 0 Å². The number of nitrogens with zero attached hydrogens (tertiary/aromatic N) is 3. The van der Waals surface area contributed by atoms with Crippen molar-refractivity contribution in [3.63, 3.8) is 0 Å². The normalized spacial score (nSPS) is 26.8. The SMILES string of the molecule is CCCC1CCCC(NC(C)c2nn[nH]n2)CC1. The molecular weight excluding hydrogens is 226 g/mol. The molecule has 0 bridgehead atoms. The van der Waals surface area contributed by atoms with Gasteiger partial charge in [-0.3, -0.25) is 0 Å². The van der Waals surface area contributed by atoms with Gasteiger partial charge in [0.2, 0.25) is 0 Å². The summed E-state index contributed by atoms with van der Waals surface area (Å²) in [6, 6.07) is 0.803. The van der Waals surface area contributed by atoms with Gasteiger partial charge in [-0.1, -0.05) is 37.8 Å². The van der Waals surface area contributed by atoms with Gasteiger partial charge in [-0.2, -0.15) is 5.21 Å². The van der Waals surface area contributed by atoms with Crippen molar-refractivity contribution in [1.29, 1.82) is 0 Å². The van der Waals surface area contributed by atoms with Crippen LogP contribution >= 0.6 is 0 Å². The summed E-state index contributed by atoms with van der Waals surface area (Å²) in [4.78, 5) is 0. The standard InChI is InChI=1S/C13H25N5/c1-3-5-11-6-4-7-12(9-8-11)14-10(2)13-15-17-18-16-13/h10-12,14H,3-9H2,1-2H3,(H,15,16,17,18). The number of aromatic nitrogens is 4. The molecule has 1 saturated carbocycles. The van der Waals surface area contributed by atoms with E-state index in [9.17, 15) is 0 Å². The van der Waals surface area contributed by atoms with Crippen LogP contribution in [0, 0.1) is 5.92 Å². The summed E-state index contributed by atoms with van der Waals surface area (Å²) in [5.74, 6) is 1.71. The van der Waals surface area contributed by atoms with E-state index >= 15 is 0 Å². The molecule has 1 aliphatic rings. The quantitative estimate of drug-likeness (QED) is 0.789. The lowest BCUT2D eigenvalue weighted by atomic mass is 9.95. The van der Waals surface area contributed by atoms with Crippen LogP contribution in [0.15, 0.2) is 0 Å². The first kappa shape index (κ1) is 13.5. The third kappa shape index (κ3) is 3.77. The first-order chi connectivity index (χ1) is 8.79. The third-order valence-corrected chi connectivity index (χ3v) is 4.02. The molecule has 2 N–H and O–H groups in total. The molecular formula is C13H25N5. The van der Waals surface area contributed by atoms with Gasteiger partial charge in [-0.05, 0) is 32.1 Å². The van der Waals surface area contributed by atoms with Crippen LogP contribution in [0.4, 0.5) is 0 Å². The highest BCUT2D eigenvalue weighted by atomic mass is 15.5. The van der Waals surface area contributed by atoms with Crippen LogP contribution in [0.1, 0.15) is 70.7 Å². The first-order valence-electron chi connectivity index (χ1n) is 7.29. The van der Waals surface area contributed by atoms with Crippen LogP contribution in [0.3, 0.4) is 0 Å². The number of H-pyrrole nitrogens is 1. The Bertz CT molecular complexity index is 324. The summed E-state index contributed by atoms with van der Waals surface area (Å²) in [5.41, 5.74) is 0. The smallest absolute Gasteiger partial charge is 0.191 e. The van der Waals surface area contributed by atoms with Crippen LogP contribution in [0.25, 0.3) is 0 Å². The molecule has 0 spiro atoms. The van der Waals surface area contributed by atoms with E-state index in [0.29, 0.717) is 6.04 Å². The molecule has 1 aromatic rings. The van der Waals surface area contributed by atoms with E-state index in [1.807, 2.05) is 0 Å². The molecule has 1 heterocycles. The molecule has 3 unspecified atom stereocenters. The molecule has 3 atom stereocenters. The Hall–Kier alpha value is -0.970. The Morgan fingerprint density at radius 2 is 2.22 bits per heavy atom. The summed E-state index contributed by atoms with van der Waals surface area (Å²) in [6.45, 7) is 4.40. The summed E-state index contributed by atoms with van der Waals surface area (Å²) in [6.07, 6.45) is 9.40. The van der Waals surface area contributed by atoms with E-state index in [0.717, 1.165) is 11.7 Å². The van der Waals surface area contributed by atoms with Gasteiger partial charge in [0.25, 0.3) is 0 Å². The predicted molar refractivity (Wildman–Crippen MR) is 71.0 cm³/mol. The van der Waals surface area contributed by atoms with E-state index in [1.165, 1.54) is 44.9 Å². The molecule has 0 saturated heterocycles. The zero-order valence-corrected chi connectivity index (χ0v) is 11.5. The fraction of sp³-hybridized carbons (Fsp3) is 0.923. The lowest BCUT2D eigenvalue weighted by Crippen LogP contribution is -2.31. The lowest BCUT2D eigenvalue weighted by molar-refractivity contribution is 0.387. The fourth-order valence-electron chi connectivity index (χ4n) is 3.02. The summed E-state index contributed by atoms with van der Waals surface area (Å²) in [7, 11) is 0. The van der Waals surface area contributed by atoms with Gasteiger partial charge in [-0.15, -0.1) is 10.2 Å². The van der Waals surface area contributed by atoms with E-state index in [-0.39, 0.29) is 6.04 Å². The number of tetrazole rings is 1. The van der Waals surface area contributed by atoms with Gasteiger partial charge in [-0.25, -0.2) is 0 Å². The van der Waals surface area contributed by atoms with Gasteiger partial charge in [0.05, 0.1) is 6.04 Å². The number of hydrogen-bond acceptors (Lipinski definition) is 4. The Kier molecular flexibility index (Phi) is 5.11. The molecule has 0 aromatic carbocycles. The molecule has 1 aromatic heterocycles. The molecule has 18 heavy (non-hydrogen) atoms. The van der Waals surface area contributed by atoms with Crippen LogP contribution in [-0.2, 0) is 0 Å². The zero-order valence-electron chi connectivity index (χ0n) is 11.5. The highest BCUT2D eigenvalue weighted by Gasteiger charge is 2.21. The molecule has 5 nitrogen and oxygen atoms in total. The highest BCUT2D eigenvalue weighted by Crippen LogP contribution is 2.27. The third-order valence-electron chi connectivity index (χ3n) is 4.02. The first-order valence-corrected chi connectivity index (χ1v) is 7.29. The average molecular weight is 251 g/mol. The van der Waals surface area contributed by atoms with Crippen molar-refractivity contribution in [2.24, 2.45) is 5.92 Å². The maximum absolute atomic E-state index is 4.04. The van der Waals surface area contributed by atoms with E-state index in [4.69, 9.17) is 0 Å². The average Bonchev–Trinajstić information content (AvgIpc) is 2.81. The maximum atomic E-state index is 4.04. The number of rotatable bonds is 5. The van der Waals surface area contributed by atoms with Gasteiger partial charge in [0, 0.05) is 6.04 Å². The summed E-state index contributed by atoms with van der Waals surface area (Å²) >= 11 is 0. The second-order valence-electron chi connectivity index (χ2n) is 5.52. The minimum absolute atomic E-state index is 0.191. The molecule has 102 valence electrons. The van der Waals surface area contributed by atoms with Crippen molar-refractivity contribution in [3.05, 3.63) is 5.82 Å². The number of hydrogen-bond donors (Lipinski definition) is 2. The minimum atomic E-state index is 0.191. The van der Waals surface area contributed by atoms with Gasteiger partial charge >= 0.3 is 0 Å². The monoisotopic (exact) mass is 251 g/mol. The van der Waals surface area contributed by atoms with Gasteiger partial charge < -0.3 is 5.32 Å². The van der Waals surface area contributed by atoms with Crippen LogP contribution in [0.2, 0.25) is 0 Å². The van der Waals surface area contributed by atoms with Crippen molar-refractivity contribution in [2.45, 2.75) is 70.9 Å². The summed E-state index contributed by atoms with van der Waals surface area (Å²) < 4.78 is 0. The lowest BCUT2D eigenvalue weighted by Gasteiger charge is -2.20. The van der Waals surface area contributed by atoms with Crippen molar-refractivity contribution in [2.75, 3.05) is 0 Å². The van der Waals surface area contributed by atoms with Crippen molar-refractivity contribution in [1.82, 2.24) is 25.9 Å². The molecule has 0 amide bonds. The fourth-order valence-corrected chi connectivity index (χ4v) is 3.02. The van der Waals surface area contributed by atoms with Crippen LogP contribution in [-0.4, -0.2) is 26.7 Å². The molecule has 1 aliphatic carbocycles. The van der Waals surface area contributed by atoms with Crippen molar-refractivity contribution < 1.29 is 0 Å². The Balaban J connectivity index is 1.79. The number of nitrogens with one attached hydrogen (secondary N) is 2. The summed E-state index contributed by atoms with van der Waals surface area (Å²) in [5, 5.41) is 17.8. The van der Waals surface area contributed by atoms with Crippen LogP contribution < -0.4 is 5.32 Å². The topological polar surface area (TPSA) is 66.5 Å².